The van der Waals surface area contributed by atoms with E-state index in [9.17, 15) is 9.59 Å². The van der Waals surface area contributed by atoms with Crippen LogP contribution in [0.5, 0.6) is 5.75 Å². The summed E-state index contributed by atoms with van der Waals surface area (Å²) < 4.78 is 10.2. The Labute approximate surface area is 118 Å². The van der Waals surface area contributed by atoms with Gasteiger partial charge in [0.1, 0.15) is 5.75 Å². The van der Waals surface area contributed by atoms with E-state index in [-0.39, 0.29) is 0 Å². The summed E-state index contributed by atoms with van der Waals surface area (Å²) in [6.45, 7) is -0.536. The molecule has 1 rings (SSSR count). The molecule has 1 aromatic rings. The number of carbonyl (C=O) groups is 2. The van der Waals surface area contributed by atoms with Crippen LogP contribution < -0.4 is 10.1 Å². The van der Waals surface area contributed by atoms with E-state index in [4.69, 9.17) is 9.84 Å². The number of hydrogen-bond donors (Lipinski definition) is 2. The first-order valence-electron chi connectivity index (χ1n) is 5.36. The minimum atomic E-state index is -1.09. The second kappa shape index (κ2) is 7.10. The molecule has 0 unspecified atom stereocenters. The lowest BCUT2D eigenvalue weighted by molar-refractivity contribution is -0.143. The van der Waals surface area contributed by atoms with Crippen molar-refractivity contribution < 1.29 is 24.2 Å². The molecule has 104 valence electrons. The summed E-state index contributed by atoms with van der Waals surface area (Å²) in [5.41, 5.74) is 0.308. The third kappa shape index (κ3) is 3.93. The lowest BCUT2D eigenvalue weighted by Crippen LogP contribution is -2.44. The number of aliphatic hydroxyl groups is 1. The highest BCUT2D eigenvalue weighted by molar-refractivity contribution is 9.10. The number of benzene rings is 1. The molecule has 0 aliphatic carbocycles. The second-order valence-corrected chi connectivity index (χ2v) is 4.44. The van der Waals surface area contributed by atoms with Crippen LogP contribution in [0.25, 0.3) is 0 Å². The number of nitrogens with one attached hydrogen (secondary N) is 1. The third-order valence-corrected chi connectivity index (χ3v) is 3.04. The van der Waals surface area contributed by atoms with Crippen molar-refractivity contribution in [1.82, 2.24) is 5.32 Å². The quantitative estimate of drug-likeness (QED) is 0.776. The Hall–Kier alpha value is -1.60. The Morgan fingerprint density at radius 1 is 1.42 bits per heavy atom. The summed E-state index contributed by atoms with van der Waals surface area (Å²) in [6, 6.07) is 3.64. The monoisotopic (exact) mass is 331 g/mol. The zero-order valence-corrected chi connectivity index (χ0v) is 12.1. The van der Waals surface area contributed by atoms with Gasteiger partial charge < -0.3 is 19.9 Å². The van der Waals surface area contributed by atoms with Crippen LogP contribution in [-0.2, 0) is 9.53 Å². The van der Waals surface area contributed by atoms with Crippen LogP contribution in [0.1, 0.15) is 10.4 Å². The highest BCUT2D eigenvalue weighted by atomic mass is 79.9. The van der Waals surface area contributed by atoms with Gasteiger partial charge in [0.25, 0.3) is 5.91 Å². The molecular weight excluding hydrogens is 318 g/mol. The predicted molar refractivity (Wildman–Crippen MR) is 71.1 cm³/mol. The van der Waals surface area contributed by atoms with Gasteiger partial charge in [-0.05, 0) is 34.1 Å². The van der Waals surface area contributed by atoms with Gasteiger partial charge in [-0.15, -0.1) is 0 Å². The topological polar surface area (TPSA) is 84.9 Å². The zero-order valence-electron chi connectivity index (χ0n) is 10.5. The van der Waals surface area contributed by atoms with Crippen LogP contribution in [0.3, 0.4) is 0 Å². The van der Waals surface area contributed by atoms with E-state index in [1.54, 1.807) is 12.1 Å². The van der Waals surface area contributed by atoms with Crippen LogP contribution in [0.2, 0.25) is 0 Å². The van der Waals surface area contributed by atoms with Crippen molar-refractivity contribution in [2.45, 2.75) is 6.04 Å². The molecule has 0 saturated carbocycles. The van der Waals surface area contributed by atoms with E-state index in [0.29, 0.717) is 15.8 Å². The highest BCUT2D eigenvalue weighted by Crippen LogP contribution is 2.25. The largest absolute Gasteiger partial charge is 0.496 e. The van der Waals surface area contributed by atoms with E-state index in [2.05, 4.69) is 26.0 Å². The summed E-state index contributed by atoms with van der Waals surface area (Å²) in [5.74, 6) is -0.721. The first-order chi connectivity index (χ1) is 9.03. The molecule has 1 atom stereocenters. The Bertz CT molecular complexity index is 477. The summed E-state index contributed by atoms with van der Waals surface area (Å²) in [5, 5.41) is 11.4. The smallest absolute Gasteiger partial charge is 0.330 e. The van der Waals surface area contributed by atoms with E-state index in [1.807, 2.05) is 0 Å². The number of rotatable bonds is 5. The van der Waals surface area contributed by atoms with Gasteiger partial charge in [0.05, 0.1) is 25.3 Å². The Balaban J connectivity index is 2.85. The van der Waals surface area contributed by atoms with Crippen LogP contribution in [0.4, 0.5) is 0 Å². The van der Waals surface area contributed by atoms with Crippen molar-refractivity contribution in [2.24, 2.45) is 0 Å². The van der Waals surface area contributed by atoms with Crippen LogP contribution in [-0.4, -0.2) is 43.9 Å². The number of hydrogen-bond acceptors (Lipinski definition) is 5. The maximum Gasteiger partial charge on any atom is 0.330 e. The minimum absolute atomic E-state index is 0.308. The summed E-state index contributed by atoms with van der Waals surface area (Å²) >= 11 is 3.27. The molecule has 0 aromatic heterocycles. The van der Waals surface area contributed by atoms with Crippen LogP contribution in [0.15, 0.2) is 22.7 Å². The van der Waals surface area contributed by atoms with Gasteiger partial charge >= 0.3 is 5.97 Å². The fourth-order valence-corrected chi connectivity index (χ4v) is 1.77. The first kappa shape index (κ1) is 15.5. The van der Waals surface area contributed by atoms with Crippen molar-refractivity contribution in [3.8, 4) is 5.75 Å². The van der Waals surface area contributed by atoms with Crippen LogP contribution in [0, 0.1) is 0 Å². The molecule has 1 amide bonds. The van der Waals surface area contributed by atoms with Gasteiger partial charge in [-0.3, -0.25) is 4.79 Å². The van der Waals surface area contributed by atoms with Gasteiger partial charge in [0.2, 0.25) is 0 Å². The van der Waals surface area contributed by atoms with Crippen molar-refractivity contribution in [3.63, 3.8) is 0 Å². The van der Waals surface area contributed by atoms with Crippen molar-refractivity contribution in [1.29, 1.82) is 0 Å². The van der Waals surface area contributed by atoms with Gasteiger partial charge in [0.15, 0.2) is 6.04 Å². The SMILES string of the molecule is COC(=O)[C@H](CO)NC(=O)c1ccc(Br)c(OC)c1. The molecule has 0 aliphatic heterocycles. The lowest BCUT2D eigenvalue weighted by atomic mass is 10.2. The number of carbonyl (C=O) groups excluding carboxylic acids is 2. The number of ether oxygens (including phenoxy) is 2. The van der Waals surface area contributed by atoms with Gasteiger partial charge in [-0.1, -0.05) is 0 Å². The molecule has 2 N–H and O–H groups in total. The number of esters is 1. The average Bonchev–Trinajstić information content (AvgIpc) is 2.44. The molecule has 0 spiro atoms. The molecule has 1 aromatic carbocycles. The maximum absolute atomic E-state index is 11.9. The Morgan fingerprint density at radius 3 is 2.63 bits per heavy atom. The van der Waals surface area contributed by atoms with E-state index >= 15 is 0 Å². The lowest BCUT2D eigenvalue weighted by Gasteiger charge is -2.14. The van der Waals surface area contributed by atoms with Crippen molar-refractivity contribution >= 4 is 27.8 Å². The van der Waals surface area contributed by atoms with E-state index < -0.39 is 24.5 Å². The minimum Gasteiger partial charge on any atom is -0.496 e. The maximum atomic E-state index is 11.9. The Morgan fingerprint density at radius 2 is 2.11 bits per heavy atom. The molecule has 19 heavy (non-hydrogen) atoms. The zero-order chi connectivity index (χ0) is 14.4. The Kier molecular flexibility index (Phi) is 5.78. The first-order valence-corrected chi connectivity index (χ1v) is 6.15. The normalized spacial score (nSPS) is 11.6. The molecule has 0 fully saturated rings. The molecule has 0 radical (unpaired) electrons. The predicted octanol–water partition coefficient (Wildman–Crippen LogP) is 0.721. The molecule has 0 saturated heterocycles. The number of amides is 1. The van der Waals surface area contributed by atoms with E-state index in [0.717, 1.165) is 0 Å². The van der Waals surface area contributed by atoms with Crippen molar-refractivity contribution in [2.75, 3.05) is 20.8 Å². The summed E-state index contributed by atoms with van der Waals surface area (Å²) in [7, 11) is 2.66. The summed E-state index contributed by atoms with van der Waals surface area (Å²) in [6.07, 6.45) is 0. The standard InChI is InChI=1S/C12H14BrNO5/c1-18-10-5-7(3-4-8(10)13)11(16)14-9(6-15)12(17)19-2/h3-5,9,15H,6H2,1-2H3,(H,14,16)/t9-/m0/s1. The fraction of sp³-hybridized carbons (Fsp3) is 0.333. The highest BCUT2D eigenvalue weighted by Gasteiger charge is 2.21. The van der Waals surface area contributed by atoms with Gasteiger partial charge in [-0.2, -0.15) is 0 Å². The number of aliphatic hydroxyl groups excluding tert-OH is 1. The van der Waals surface area contributed by atoms with Crippen molar-refractivity contribution in [3.05, 3.63) is 28.2 Å². The third-order valence-electron chi connectivity index (χ3n) is 2.39. The average molecular weight is 332 g/mol. The molecule has 0 heterocycles. The van der Waals surface area contributed by atoms with Gasteiger partial charge in [-0.25, -0.2) is 4.79 Å². The van der Waals surface area contributed by atoms with Gasteiger partial charge in [0, 0.05) is 5.56 Å². The molecule has 7 heteroatoms. The number of methoxy groups -OCH3 is 2. The summed E-state index contributed by atoms with van der Waals surface area (Å²) in [4.78, 5) is 23.2. The second-order valence-electron chi connectivity index (χ2n) is 3.58. The molecular formula is C12H14BrNO5. The van der Waals surface area contributed by atoms with E-state index in [1.165, 1.54) is 20.3 Å². The molecule has 0 bridgehead atoms. The van der Waals surface area contributed by atoms with Crippen LogP contribution >= 0.6 is 15.9 Å². The molecule has 6 nitrogen and oxygen atoms in total. The fourth-order valence-electron chi connectivity index (χ4n) is 1.36. The number of halogens is 1. The molecule has 0 aliphatic rings.